The number of ether oxygens (including phenoxy) is 1. The van der Waals surface area contributed by atoms with E-state index < -0.39 is 23.5 Å². The predicted molar refractivity (Wildman–Crippen MR) is 122 cm³/mol. The number of alkyl halides is 6. The Morgan fingerprint density at radius 1 is 1.00 bits per heavy atom. The van der Waals surface area contributed by atoms with Gasteiger partial charge in [-0.2, -0.15) is 26.3 Å². The number of β-lactam (4-membered cyclic amide) rings is 1. The molecule has 1 aromatic rings. The zero-order valence-electron chi connectivity index (χ0n) is 20.5. The summed E-state index contributed by atoms with van der Waals surface area (Å²) < 4.78 is 78.2. The highest BCUT2D eigenvalue weighted by atomic mass is 19.4. The van der Waals surface area contributed by atoms with E-state index in [2.05, 4.69) is 19.2 Å². The van der Waals surface area contributed by atoms with Gasteiger partial charge >= 0.3 is 12.4 Å². The fourth-order valence-corrected chi connectivity index (χ4v) is 4.87. The maximum Gasteiger partial charge on any atom is 0.416 e. The molecule has 35 heavy (non-hydrogen) atoms. The summed E-state index contributed by atoms with van der Waals surface area (Å²) in [5.74, 6) is 0.227. The Labute approximate surface area is 203 Å². The van der Waals surface area contributed by atoms with Crippen molar-refractivity contribution >= 4 is 5.91 Å². The van der Waals surface area contributed by atoms with Gasteiger partial charge in [-0.3, -0.25) is 4.79 Å². The summed E-state index contributed by atoms with van der Waals surface area (Å²) in [5, 5.41) is 3.03. The monoisotopic (exact) mass is 510 g/mol. The van der Waals surface area contributed by atoms with Crippen LogP contribution in [-0.2, 0) is 21.9 Å². The molecule has 1 aliphatic carbocycles. The van der Waals surface area contributed by atoms with E-state index in [-0.39, 0.29) is 34.5 Å². The number of halogens is 6. The predicted octanol–water partition coefficient (Wildman–Crippen LogP) is 6.39. The third kappa shape index (κ3) is 7.35. The molecule has 200 valence electrons. The summed E-state index contributed by atoms with van der Waals surface area (Å²) in [4.78, 5) is 11.6. The lowest BCUT2D eigenvalue weighted by Gasteiger charge is -2.55. The average molecular weight is 511 g/mol. The van der Waals surface area contributed by atoms with Gasteiger partial charge in [0.05, 0.1) is 22.1 Å². The van der Waals surface area contributed by atoms with Crippen LogP contribution in [0.5, 0.6) is 0 Å². The van der Waals surface area contributed by atoms with Crippen LogP contribution in [0.1, 0.15) is 81.9 Å². The van der Waals surface area contributed by atoms with Crippen molar-refractivity contribution in [3.63, 3.8) is 0 Å². The number of nitrogens with one attached hydrogen (secondary N) is 1. The molecule has 1 amide bonds. The zero-order valence-corrected chi connectivity index (χ0v) is 20.5. The molecule has 4 rings (SSSR count). The number of rotatable bonds is 1. The number of amides is 1. The topological polar surface area (TPSA) is 64.3 Å². The summed E-state index contributed by atoms with van der Waals surface area (Å²) in [6.07, 6.45) is -0.347. The summed E-state index contributed by atoms with van der Waals surface area (Å²) in [5.41, 5.74) is 3.13. The molecule has 1 aromatic carbocycles. The normalized spacial score (nSPS) is 28.6. The van der Waals surface area contributed by atoms with Gasteiger partial charge < -0.3 is 15.8 Å². The number of carbonyl (C=O) groups is 1. The van der Waals surface area contributed by atoms with Crippen molar-refractivity contribution in [2.45, 2.75) is 96.1 Å². The summed E-state index contributed by atoms with van der Waals surface area (Å²) >= 11 is 0. The minimum atomic E-state index is -4.76. The molecule has 3 N–H and O–H groups in total. The third-order valence-corrected chi connectivity index (χ3v) is 7.20. The van der Waals surface area contributed by atoms with E-state index in [0.29, 0.717) is 12.1 Å². The van der Waals surface area contributed by atoms with Gasteiger partial charge in [0, 0.05) is 19.3 Å². The van der Waals surface area contributed by atoms with E-state index in [4.69, 9.17) is 10.5 Å². The van der Waals surface area contributed by atoms with Crippen LogP contribution in [-0.4, -0.2) is 30.7 Å². The Morgan fingerprint density at radius 2 is 1.51 bits per heavy atom. The second-order valence-corrected chi connectivity index (χ2v) is 9.83. The molecular weight excluding hydrogens is 474 g/mol. The molecule has 3 unspecified atom stereocenters. The summed E-state index contributed by atoms with van der Waals surface area (Å²) in [6, 6.07) is 1.69. The molecule has 0 bridgehead atoms. The van der Waals surface area contributed by atoms with Gasteiger partial charge in [-0.1, -0.05) is 19.8 Å². The minimum absolute atomic E-state index is 0.0121. The third-order valence-electron chi connectivity index (χ3n) is 7.20. The number of hydrogen-bond acceptors (Lipinski definition) is 3. The largest absolute Gasteiger partial charge is 0.416 e. The maximum atomic E-state index is 12.2. The number of aryl methyl sites for hydroxylation is 1. The fraction of sp³-hybridized carbons (Fsp3) is 0.720. The molecular formula is C25H36F6N2O2. The van der Waals surface area contributed by atoms with E-state index in [9.17, 15) is 31.1 Å². The standard InChI is InChI=1S/C10H18N2O.C9H6F6.C6H12O/c1-3-9(2)10(8(13)12-9)5-4-7(11)6-10;1-5-2-6(8(10,11)12)4-7(3-5)9(13,14)15;1-2-4-6-7-5-3-1/h7H,3-6,11H2,1-2H3,(H,12,13);2-4H,1H3;1-6H2. The lowest BCUT2D eigenvalue weighted by atomic mass is 9.60. The number of benzene rings is 1. The van der Waals surface area contributed by atoms with E-state index in [1.165, 1.54) is 32.6 Å². The Hall–Kier alpha value is -1.81. The lowest BCUT2D eigenvalue weighted by molar-refractivity contribution is -0.155. The molecule has 1 spiro atoms. The van der Waals surface area contributed by atoms with Crippen LogP contribution in [0.3, 0.4) is 0 Å². The van der Waals surface area contributed by atoms with Crippen molar-refractivity contribution < 1.29 is 35.9 Å². The molecule has 2 heterocycles. The van der Waals surface area contributed by atoms with Crippen molar-refractivity contribution in [2.24, 2.45) is 11.1 Å². The van der Waals surface area contributed by atoms with Gasteiger partial charge in [0.15, 0.2) is 0 Å². The Kier molecular flexibility index (Phi) is 9.66. The van der Waals surface area contributed by atoms with Gasteiger partial charge in [-0.25, -0.2) is 0 Å². The number of carbonyl (C=O) groups excluding carboxylic acids is 1. The highest BCUT2D eigenvalue weighted by molar-refractivity contribution is 5.92. The van der Waals surface area contributed by atoms with Crippen molar-refractivity contribution in [2.75, 3.05) is 13.2 Å². The summed E-state index contributed by atoms with van der Waals surface area (Å²) in [6.45, 7) is 7.46. The molecule has 3 aliphatic rings. The van der Waals surface area contributed by atoms with E-state index in [0.717, 1.165) is 38.9 Å². The molecule has 0 aromatic heterocycles. The van der Waals surface area contributed by atoms with Crippen LogP contribution in [0.25, 0.3) is 0 Å². The van der Waals surface area contributed by atoms with Gasteiger partial charge in [-0.05, 0) is 76.1 Å². The van der Waals surface area contributed by atoms with Crippen molar-refractivity contribution in [1.82, 2.24) is 5.32 Å². The molecule has 0 radical (unpaired) electrons. The van der Waals surface area contributed by atoms with Crippen molar-refractivity contribution in [3.8, 4) is 0 Å². The minimum Gasteiger partial charge on any atom is -0.381 e. The molecule has 2 aliphatic heterocycles. The molecule has 10 heteroatoms. The lowest BCUT2D eigenvalue weighted by Crippen LogP contribution is -2.74. The first-order valence-electron chi connectivity index (χ1n) is 12.1. The first-order chi connectivity index (χ1) is 16.1. The highest BCUT2D eigenvalue weighted by Crippen LogP contribution is 2.53. The van der Waals surface area contributed by atoms with E-state index >= 15 is 0 Å². The Balaban J connectivity index is 0.000000196. The van der Waals surface area contributed by atoms with Gasteiger partial charge in [0.25, 0.3) is 0 Å². The fourth-order valence-electron chi connectivity index (χ4n) is 4.87. The zero-order chi connectivity index (χ0) is 26.5. The van der Waals surface area contributed by atoms with Gasteiger partial charge in [0.2, 0.25) is 5.91 Å². The second-order valence-electron chi connectivity index (χ2n) is 9.83. The van der Waals surface area contributed by atoms with Crippen LogP contribution < -0.4 is 11.1 Å². The molecule has 1 saturated carbocycles. The van der Waals surface area contributed by atoms with Gasteiger partial charge in [0.1, 0.15) is 0 Å². The van der Waals surface area contributed by atoms with Crippen LogP contribution in [0.4, 0.5) is 26.3 Å². The highest BCUT2D eigenvalue weighted by Gasteiger charge is 2.64. The SMILES string of the molecule is C1CCCOCC1.CCC1(C)NC(=O)C12CCC(N)C2.Cc1cc(C(F)(F)F)cc(C(F)(F)F)c1. The molecule has 2 saturated heterocycles. The molecule has 3 fully saturated rings. The quantitative estimate of drug-likeness (QED) is 0.340. The van der Waals surface area contributed by atoms with Crippen molar-refractivity contribution in [1.29, 1.82) is 0 Å². The Bertz CT molecular complexity index is 805. The van der Waals surface area contributed by atoms with Crippen LogP contribution >= 0.6 is 0 Å². The summed E-state index contributed by atoms with van der Waals surface area (Å²) in [7, 11) is 0. The maximum absolute atomic E-state index is 12.2. The first-order valence-corrected chi connectivity index (χ1v) is 12.1. The second kappa shape index (κ2) is 11.5. The van der Waals surface area contributed by atoms with E-state index in [1.54, 1.807) is 0 Å². The van der Waals surface area contributed by atoms with E-state index in [1.807, 2.05) is 0 Å². The van der Waals surface area contributed by atoms with Gasteiger partial charge in [-0.15, -0.1) is 0 Å². The molecule has 4 nitrogen and oxygen atoms in total. The number of nitrogens with two attached hydrogens (primary N) is 1. The van der Waals surface area contributed by atoms with Crippen LogP contribution in [0, 0.1) is 12.3 Å². The van der Waals surface area contributed by atoms with Crippen LogP contribution in [0.2, 0.25) is 0 Å². The first kappa shape index (κ1) is 29.4. The Morgan fingerprint density at radius 3 is 1.89 bits per heavy atom. The number of hydrogen-bond donors (Lipinski definition) is 2. The van der Waals surface area contributed by atoms with Crippen LogP contribution in [0.15, 0.2) is 18.2 Å². The van der Waals surface area contributed by atoms with Crippen molar-refractivity contribution in [3.05, 3.63) is 34.9 Å². The molecule has 3 atom stereocenters. The smallest absolute Gasteiger partial charge is 0.381 e. The average Bonchev–Trinajstić information content (AvgIpc) is 2.98.